The van der Waals surface area contributed by atoms with E-state index in [4.69, 9.17) is 4.74 Å². The molecule has 2 aliphatic rings. The molecule has 1 aliphatic carbocycles. The number of carbonyl (C=O) groups excluding carboxylic acids is 2. The van der Waals surface area contributed by atoms with Crippen LogP contribution >= 0.6 is 0 Å². The predicted molar refractivity (Wildman–Crippen MR) is 139 cm³/mol. The van der Waals surface area contributed by atoms with Crippen molar-refractivity contribution in [2.24, 2.45) is 0 Å². The van der Waals surface area contributed by atoms with Gasteiger partial charge in [0.2, 0.25) is 15.9 Å². The molecule has 1 aliphatic heterocycles. The van der Waals surface area contributed by atoms with Gasteiger partial charge in [0.05, 0.1) is 24.1 Å². The lowest BCUT2D eigenvalue weighted by Gasteiger charge is -2.28. The first-order valence-electron chi connectivity index (χ1n) is 12.5. The number of amides is 2. The van der Waals surface area contributed by atoms with Gasteiger partial charge >= 0.3 is 0 Å². The summed E-state index contributed by atoms with van der Waals surface area (Å²) in [5.74, 6) is -0.0480. The van der Waals surface area contributed by atoms with Gasteiger partial charge in [-0.1, -0.05) is 37.6 Å². The van der Waals surface area contributed by atoms with Crippen molar-refractivity contribution >= 4 is 27.5 Å². The van der Waals surface area contributed by atoms with E-state index in [1.807, 2.05) is 12.1 Å². The highest BCUT2D eigenvalue weighted by Crippen LogP contribution is 2.32. The molecule has 2 aromatic rings. The highest BCUT2D eigenvalue weighted by molar-refractivity contribution is 7.89. The van der Waals surface area contributed by atoms with E-state index in [-0.39, 0.29) is 17.9 Å². The van der Waals surface area contributed by atoms with E-state index < -0.39 is 27.9 Å². The number of sulfonamides is 1. The van der Waals surface area contributed by atoms with Crippen LogP contribution in [-0.4, -0.2) is 44.2 Å². The Balaban J connectivity index is 1.65. The third kappa shape index (κ3) is 5.39. The second-order valence-electron chi connectivity index (χ2n) is 9.68. The number of hydrogen-bond donors (Lipinski definition) is 0. The Morgan fingerprint density at radius 2 is 1.72 bits per heavy atom. The topological polar surface area (TPSA) is 84.0 Å². The third-order valence-corrected chi connectivity index (χ3v) is 8.92. The molecule has 1 heterocycles. The van der Waals surface area contributed by atoms with Crippen LogP contribution in [0.1, 0.15) is 63.9 Å². The molecule has 0 spiro atoms. The van der Waals surface area contributed by atoms with Gasteiger partial charge in [0.1, 0.15) is 11.8 Å². The Bertz CT molecular complexity index is 1230. The SMILES string of the molecule is COc1ccc(S(=O)(=O)N(CCC2=CCCCC2)C2CC(=O)N(c3ccc(C(C)C)cc3)C2=O)cc1. The number of benzene rings is 2. The fourth-order valence-corrected chi connectivity index (χ4v) is 6.41. The second-order valence-corrected chi connectivity index (χ2v) is 11.6. The molecule has 2 aromatic carbocycles. The molecule has 1 saturated heterocycles. The number of methoxy groups -OCH3 is 1. The molecule has 1 fully saturated rings. The first-order valence-corrected chi connectivity index (χ1v) is 14.0. The summed E-state index contributed by atoms with van der Waals surface area (Å²) >= 11 is 0. The lowest BCUT2D eigenvalue weighted by molar-refractivity contribution is -0.122. The zero-order chi connectivity index (χ0) is 25.9. The summed E-state index contributed by atoms with van der Waals surface area (Å²) in [6, 6.07) is 12.3. The number of rotatable bonds is 9. The van der Waals surface area contributed by atoms with E-state index in [0.717, 1.165) is 36.1 Å². The maximum atomic E-state index is 13.8. The number of carbonyl (C=O) groups is 2. The van der Waals surface area contributed by atoms with Crippen LogP contribution in [-0.2, 0) is 19.6 Å². The molecule has 7 nitrogen and oxygen atoms in total. The Morgan fingerprint density at radius 1 is 1.03 bits per heavy atom. The Labute approximate surface area is 213 Å². The fraction of sp³-hybridized carbons (Fsp3) is 0.429. The molecule has 1 unspecified atom stereocenters. The predicted octanol–water partition coefficient (Wildman–Crippen LogP) is 5.03. The van der Waals surface area contributed by atoms with E-state index in [1.165, 1.54) is 29.1 Å². The van der Waals surface area contributed by atoms with Crippen molar-refractivity contribution in [3.05, 3.63) is 65.7 Å². The van der Waals surface area contributed by atoms with Crippen LogP contribution < -0.4 is 9.64 Å². The summed E-state index contributed by atoms with van der Waals surface area (Å²) in [7, 11) is -2.53. The van der Waals surface area contributed by atoms with Crippen molar-refractivity contribution in [1.82, 2.24) is 4.31 Å². The molecule has 8 heteroatoms. The molecule has 36 heavy (non-hydrogen) atoms. The van der Waals surface area contributed by atoms with Gasteiger partial charge in [0.15, 0.2) is 0 Å². The van der Waals surface area contributed by atoms with Crippen LogP contribution in [0.25, 0.3) is 0 Å². The van der Waals surface area contributed by atoms with Crippen LogP contribution in [0.2, 0.25) is 0 Å². The molecule has 0 radical (unpaired) electrons. The van der Waals surface area contributed by atoms with E-state index in [0.29, 0.717) is 23.8 Å². The standard InChI is InChI=1S/C28H34N2O5S/c1-20(2)22-9-11-23(12-10-22)30-27(31)19-26(28(30)32)29(18-17-21-7-5-4-6-8-21)36(33,34)25-15-13-24(35-3)14-16-25/h7,9-16,20,26H,4-6,8,17-19H2,1-3H3. The minimum Gasteiger partial charge on any atom is -0.497 e. The molecule has 1 atom stereocenters. The van der Waals surface area contributed by atoms with Crippen molar-refractivity contribution in [2.45, 2.75) is 69.2 Å². The summed E-state index contributed by atoms with van der Waals surface area (Å²) in [6.45, 7) is 4.28. The number of allylic oxidation sites excluding steroid dienone is 1. The summed E-state index contributed by atoms with van der Waals surface area (Å²) in [6.07, 6.45) is 6.67. The van der Waals surface area contributed by atoms with Gasteiger partial charge in [0, 0.05) is 6.54 Å². The van der Waals surface area contributed by atoms with E-state index >= 15 is 0 Å². The van der Waals surface area contributed by atoms with Crippen LogP contribution in [0.5, 0.6) is 5.75 Å². The van der Waals surface area contributed by atoms with Crippen LogP contribution in [0.3, 0.4) is 0 Å². The molecular weight excluding hydrogens is 476 g/mol. The molecule has 2 amide bonds. The average molecular weight is 511 g/mol. The maximum absolute atomic E-state index is 13.8. The van der Waals surface area contributed by atoms with Crippen LogP contribution in [0.15, 0.2) is 65.1 Å². The van der Waals surface area contributed by atoms with Gasteiger partial charge in [-0.3, -0.25) is 9.59 Å². The zero-order valence-electron chi connectivity index (χ0n) is 21.1. The van der Waals surface area contributed by atoms with Gasteiger partial charge in [-0.25, -0.2) is 13.3 Å². The van der Waals surface area contributed by atoms with Crippen molar-refractivity contribution in [2.75, 3.05) is 18.6 Å². The lowest BCUT2D eigenvalue weighted by Crippen LogP contribution is -2.46. The summed E-state index contributed by atoms with van der Waals surface area (Å²) in [4.78, 5) is 27.8. The molecule has 192 valence electrons. The highest BCUT2D eigenvalue weighted by atomic mass is 32.2. The number of nitrogens with zero attached hydrogens (tertiary/aromatic N) is 2. The minimum atomic E-state index is -4.04. The lowest BCUT2D eigenvalue weighted by atomic mass is 9.97. The average Bonchev–Trinajstić information content (AvgIpc) is 3.18. The zero-order valence-corrected chi connectivity index (χ0v) is 22.0. The van der Waals surface area contributed by atoms with E-state index in [2.05, 4.69) is 19.9 Å². The third-order valence-electron chi connectivity index (χ3n) is 6.99. The van der Waals surface area contributed by atoms with Crippen LogP contribution in [0.4, 0.5) is 5.69 Å². The maximum Gasteiger partial charge on any atom is 0.252 e. The monoisotopic (exact) mass is 510 g/mol. The molecule has 0 N–H and O–H groups in total. The Hall–Kier alpha value is -2.97. The number of hydrogen-bond acceptors (Lipinski definition) is 5. The first kappa shape index (κ1) is 26.1. The van der Waals surface area contributed by atoms with E-state index in [9.17, 15) is 18.0 Å². The largest absolute Gasteiger partial charge is 0.497 e. The quantitative estimate of drug-likeness (QED) is 0.349. The second kappa shape index (κ2) is 11.0. The van der Waals surface area contributed by atoms with Crippen molar-refractivity contribution in [3.8, 4) is 5.75 Å². The van der Waals surface area contributed by atoms with Gasteiger partial charge in [0.25, 0.3) is 5.91 Å². The smallest absolute Gasteiger partial charge is 0.252 e. The minimum absolute atomic E-state index is 0.0703. The van der Waals surface area contributed by atoms with Gasteiger partial charge in [-0.2, -0.15) is 4.31 Å². The van der Waals surface area contributed by atoms with Crippen molar-refractivity contribution in [1.29, 1.82) is 0 Å². The van der Waals surface area contributed by atoms with Crippen LogP contribution in [0, 0.1) is 0 Å². The number of ether oxygens (including phenoxy) is 1. The van der Waals surface area contributed by atoms with Gasteiger partial charge in [-0.15, -0.1) is 0 Å². The van der Waals surface area contributed by atoms with Gasteiger partial charge in [-0.05, 0) is 80.0 Å². The summed E-state index contributed by atoms with van der Waals surface area (Å²) in [5, 5.41) is 0. The fourth-order valence-electron chi connectivity index (χ4n) is 4.83. The Morgan fingerprint density at radius 3 is 2.31 bits per heavy atom. The Kier molecular flexibility index (Phi) is 7.95. The molecule has 0 saturated carbocycles. The van der Waals surface area contributed by atoms with Crippen molar-refractivity contribution < 1.29 is 22.7 Å². The van der Waals surface area contributed by atoms with E-state index in [1.54, 1.807) is 24.3 Å². The van der Waals surface area contributed by atoms with Gasteiger partial charge < -0.3 is 4.74 Å². The molecule has 0 aromatic heterocycles. The van der Waals surface area contributed by atoms with Crippen molar-refractivity contribution in [3.63, 3.8) is 0 Å². The molecular formula is C28H34N2O5S. The summed E-state index contributed by atoms with van der Waals surface area (Å²) in [5.41, 5.74) is 2.77. The number of imide groups is 1. The number of anilines is 1. The normalized spacial score (nSPS) is 18.8. The molecule has 0 bridgehead atoms. The first-order chi connectivity index (χ1) is 17.2. The molecule has 4 rings (SSSR count). The summed E-state index contributed by atoms with van der Waals surface area (Å²) < 4.78 is 34.0. The highest BCUT2D eigenvalue weighted by Gasteiger charge is 2.46.